The first kappa shape index (κ1) is 11.1. The van der Waals surface area contributed by atoms with Crippen LogP contribution < -0.4 is 0 Å². The minimum Gasteiger partial charge on any atom is -0.0625 e. The van der Waals surface area contributed by atoms with Crippen molar-refractivity contribution in [3.05, 3.63) is 0 Å². The van der Waals surface area contributed by atoms with E-state index in [1.165, 1.54) is 25.7 Å². The van der Waals surface area contributed by atoms with Gasteiger partial charge in [0.25, 0.3) is 0 Å². The Labute approximate surface area is 101 Å². The average Bonchev–Trinajstić information content (AvgIpc) is 2.63. The Morgan fingerprint density at radius 1 is 0.625 bits per heavy atom. The Morgan fingerprint density at radius 3 is 1.38 bits per heavy atom. The molecule has 0 nitrogen and oxygen atoms in total. The fourth-order valence-corrected chi connectivity index (χ4v) is 5.70. The van der Waals surface area contributed by atoms with Gasteiger partial charge in [-0.1, -0.05) is 39.5 Å². The highest BCUT2D eigenvalue weighted by atomic mass is 14.6. The molecule has 0 amide bonds. The molecule has 0 heteroatoms. The summed E-state index contributed by atoms with van der Waals surface area (Å²) in [5.41, 5.74) is 0. The molecule has 0 radical (unpaired) electrons. The van der Waals surface area contributed by atoms with Gasteiger partial charge < -0.3 is 0 Å². The van der Waals surface area contributed by atoms with Crippen LogP contribution in [0, 0.1) is 35.5 Å². The lowest BCUT2D eigenvalue weighted by Crippen LogP contribution is -2.25. The Kier molecular flexibility index (Phi) is 3.02. The topological polar surface area (TPSA) is 0 Å². The zero-order chi connectivity index (χ0) is 11.1. The summed E-state index contributed by atoms with van der Waals surface area (Å²) in [6.07, 6.45) is 12.4. The lowest BCUT2D eigenvalue weighted by atomic mass is 9.73. The van der Waals surface area contributed by atoms with Gasteiger partial charge in [0.15, 0.2) is 0 Å². The number of rotatable bonds is 1. The van der Waals surface area contributed by atoms with Crippen molar-refractivity contribution < 1.29 is 0 Å². The second-order valence-electron chi connectivity index (χ2n) is 7.05. The van der Waals surface area contributed by atoms with Gasteiger partial charge in [0.05, 0.1) is 0 Å². The molecular formula is C16H28. The van der Waals surface area contributed by atoms with E-state index in [0.717, 1.165) is 35.5 Å². The molecule has 0 aliphatic heterocycles. The third-order valence-corrected chi connectivity index (χ3v) is 6.06. The standard InChI is InChI=1S/C16H28/c1-11(2)16-14-9-5-3-7-12(14)13-8-4-6-10-15(13)16/h11-16H,3-10H2,1-2H3. The van der Waals surface area contributed by atoms with Crippen LogP contribution in [0.1, 0.15) is 65.2 Å². The molecule has 3 aliphatic rings. The summed E-state index contributed by atoms with van der Waals surface area (Å²) in [5.74, 6) is 6.58. The maximum absolute atomic E-state index is 2.49. The minimum absolute atomic E-state index is 0.943. The summed E-state index contributed by atoms with van der Waals surface area (Å²) in [7, 11) is 0. The molecule has 92 valence electrons. The van der Waals surface area contributed by atoms with Crippen LogP contribution in [-0.4, -0.2) is 0 Å². The van der Waals surface area contributed by atoms with Gasteiger partial charge in [-0.3, -0.25) is 0 Å². The molecule has 0 aromatic heterocycles. The largest absolute Gasteiger partial charge is 0.0625 e. The van der Waals surface area contributed by atoms with Gasteiger partial charge in [0.2, 0.25) is 0 Å². The summed E-state index contributed by atoms with van der Waals surface area (Å²) >= 11 is 0. The van der Waals surface area contributed by atoms with Gasteiger partial charge in [-0.15, -0.1) is 0 Å². The molecule has 3 saturated carbocycles. The minimum atomic E-state index is 0.943. The molecule has 4 atom stereocenters. The highest BCUT2D eigenvalue weighted by Gasteiger charge is 2.51. The zero-order valence-corrected chi connectivity index (χ0v) is 11.1. The van der Waals surface area contributed by atoms with Crippen LogP contribution in [0.4, 0.5) is 0 Å². The molecule has 0 bridgehead atoms. The maximum atomic E-state index is 2.49. The first-order valence-electron chi connectivity index (χ1n) is 7.79. The van der Waals surface area contributed by atoms with E-state index in [2.05, 4.69) is 13.8 Å². The molecule has 16 heavy (non-hydrogen) atoms. The highest BCUT2D eigenvalue weighted by molar-refractivity contribution is 5.00. The van der Waals surface area contributed by atoms with Crippen LogP contribution in [-0.2, 0) is 0 Å². The van der Waals surface area contributed by atoms with Crippen LogP contribution in [0.15, 0.2) is 0 Å². The summed E-state index contributed by atoms with van der Waals surface area (Å²) < 4.78 is 0. The predicted molar refractivity (Wildman–Crippen MR) is 69.2 cm³/mol. The van der Waals surface area contributed by atoms with E-state index in [0.29, 0.717) is 0 Å². The first-order valence-corrected chi connectivity index (χ1v) is 7.79. The lowest BCUT2D eigenvalue weighted by Gasteiger charge is -2.32. The van der Waals surface area contributed by atoms with Crippen molar-refractivity contribution in [2.75, 3.05) is 0 Å². The number of fused-ring (bicyclic) bond motifs is 3. The van der Waals surface area contributed by atoms with Crippen LogP contribution in [0.3, 0.4) is 0 Å². The van der Waals surface area contributed by atoms with Gasteiger partial charge in [-0.25, -0.2) is 0 Å². The Morgan fingerprint density at radius 2 is 1.00 bits per heavy atom. The summed E-state index contributed by atoms with van der Waals surface area (Å²) in [5, 5.41) is 0. The van der Waals surface area contributed by atoms with E-state index < -0.39 is 0 Å². The van der Waals surface area contributed by atoms with E-state index in [1.54, 1.807) is 25.7 Å². The summed E-state index contributed by atoms with van der Waals surface area (Å²) in [4.78, 5) is 0. The van der Waals surface area contributed by atoms with Crippen LogP contribution in [0.5, 0.6) is 0 Å². The zero-order valence-electron chi connectivity index (χ0n) is 11.1. The summed E-state index contributed by atoms with van der Waals surface area (Å²) in [6.45, 7) is 4.99. The Balaban J connectivity index is 1.86. The molecule has 0 spiro atoms. The predicted octanol–water partition coefficient (Wildman–Crippen LogP) is 4.89. The smallest absolute Gasteiger partial charge is 0.0329 e. The lowest BCUT2D eigenvalue weighted by molar-refractivity contribution is 0.168. The van der Waals surface area contributed by atoms with Crippen LogP contribution >= 0.6 is 0 Å². The average molecular weight is 220 g/mol. The van der Waals surface area contributed by atoms with E-state index in [-0.39, 0.29) is 0 Å². The van der Waals surface area contributed by atoms with Gasteiger partial charge in [0, 0.05) is 0 Å². The van der Waals surface area contributed by atoms with Crippen molar-refractivity contribution in [2.24, 2.45) is 35.5 Å². The van der Waals surface area contributed by atoms with Crippen molar-refractivity contribution in [1.29, 1.82) is 0 Å². The first-order chi connectivity index (χ1) is 7.79. The van der Waals surface area contributed by atoms with Gasteiger partial charge in [0.1, 0.15) is 0 Å². The van der Waals surface area contributed by atoms with E-state index in [1.807, 2.05) is 0 Å². The Bertz CT molecular complexity index is 220. The van der Waals surface area contributed by atoms with Crippen LogP contribution in [0.2, 0.25) is 0 Å². The normalized spacial score (nSPS) is 47.8. The second-order valence-corrected chi connectivity index (χ2v) is 7.05. The van der Waals surface area contributed by atoms with Crippen LogP contribution in [0.25, 0.3) is 0 Å². The van der Waals surface area contributed by atoms with E-state index >= 15 is 0 Å². The molecule has 0 aromatic rings. The van der Waals surface area contributed by atoms with Gasteiger partial charge in [-0.05, 0) is 61.2 Å². The number of hydrogen-bond acceptors (Lipinski definition) is 0. The summed E-state index contributed by atoms with van der Waals surface area (Å²) in [6, 6.07) is 0. The molecule has 0 N–H and O–H groups in total. The second kappa shape index (κ2) is 4.35. The molecule has 0 aromatic carbocycles. The molecular weight excluding hydrogens is 192 g/mol. The quantitative estimate of drug-likeness (QED) is 0.590. The monoisotopic (exact) mass is 220 g/mol. The molecule has 3 aliphatic carbocycles. The molecule has 4 unspecified atom stereocenters. The molecule has 3 fully saturated rings. The van der Waals surface area contributed by atoms with E-state index in [4.69, 9.17) is 0 Å². The Hall–Kier alpha value is 0. The van der Waals surface area contributed by atoms with Crippen molar-refractivity contribution in [1.82, 2.24) is 0 Å². The SMILES string of the molecule is CC(C)C1C2CCCCC2C2CCCCC21. The fraction of sp³-hybridized carbons (Fsp3) is 1.00. The maximum Gasteiger partial charge on any atom is -0.0329 e. The fourth-order valence-electron chi connectivity index (χ4n) is 5.70. The van der Waals surface area contributed by atoms with Crippen molar-refractivity contribution >= 4 is 0 Å². The van der Waals surface area contributed by atoms with Gasteiger partial charge in [-0.2, -0.15) is 0 Å². The third kappa shape index (κ3) is 1.64. The molecule has 0 saturated heterocycles. The van der Waals surface area contributed by atoms with Crippen molar-refractivity contribution in [3.8, 4) is 0 Å². The van der Waals surface area contributed by atoms with Crippen molar-refractivity contribution in [3.63, 3.8) is 0 Å². The molecule has 0 heterocycles. The van der Waals surface area contributed by atoms with E-state index in [9.17, 15) is 0 Å². The van der Waals surface area contributed by atoms with Crippen molar-refractivity contribution in [2.45, 2.75) is 65.2 Å². The van der Waals surface area contributed by atoms with Gasteiger partial charge >= 0.3 is 0 Å². The molecule has 3 rings (SSSR count). The highest BCUT2D eigenvalue weighted by Crippen LogP contribution is 2.59. The number of hydrogen-bond donors (Lipinski definition) is 0. The third-order valence-electron chi connectivity index (χ3n) is 6.06.